The Hall–Kier alpha value is -7.10. The van der Waals surface area contributed by atoms with Crippen LogP contribution in [0.25, 0.3) is 22.1 Å². The molecule has 4 N–H and O–H groups in total. The van der Waals surface area contributed by atoms with E-state index in [4.69, 9.17) is 4.74 Å². The molecule has 8 rings (SSSR count). The molecule has 0 aliphatic heterocycles. The van der Waals surface area contributed by atoms with E-state index in [1.807, 2.05) is 101 Å². The minimum atomic E-state index is -0.909. The highest BCUT2D eigenvalue weighted by Crippen LogP contribution is 2.31. The number of halogens is 2. The van der Waals surface area contributed by atoms with Gasteiger partial charge >= 0.3 is 11.9 Å². The maximum Gasteiger partial charge on any atom is 0.305 e. The van der Waals surface area contributed by atoms with Gasteiger partial charge in [0.15, 0.2) is 0 Å². The van der Waals surface area contributed by atoms with E-state index in [1.54, 1.807) is 68.3 Å². The summed E-state index contributed by atoms with van der Waals surface area (Å²) in [6.45, 7) is 1.88. The van der Waals surface area contributed by atoms with Gasteiger partial charge in [-0.3, -0.25) is 19.2 Å². The summed E-state index contributed by atoms with van der Waals surface area (Å²) in [4.78, 5) is 57.6. The monoisotopic (exact) mass is 970 g/mol. The van der Waals surface area contributed by atoms with Crippen LogP contribution in [0.3, 0.4) is 0 Å². The summed E-state index contributed by atoms with van der Waals surface area (Å²) in [5.74, 6) is -1.74. The number of hydrogen-bond donors (Lipinski definition) is 4. The number of nitrogens with one attached hydrogen (secondary N) is 2. The number of imidazole rings is 2. The molecule has 63 heavy (non-hydrogen) atoms. The van der Waals surface area contributed by atoms with Crippen molar-refractivity contribution in [3.8, 4) is 5.75 Å². The molecule has 0 saturated carbocycles. The number of carboxylic acids is 2. The minimum absolute atomic E-state index is 0.0792. The van der Waals surface area contributed by atoms with Crippen molar-refractivity contribution in [3.63, 3.8) is 0 Å². The zero-order chi connectivity index (χ0) is 44.6. The molecule has 2 unspecified atom stereocenters. The number of carbonyl (C=O) groups is 4. The average molecular weight is 973 g/mol. The quantitative estimate of drug-likeness (QED) is 0.0875. The fourth-order valence-electron chi connectivity index (χ4n) is 7.22. The van der Waals surface area contributed by atoms with Gasteiger partial charge in [0.25, 0.3) is 11.8 Å². The molecule has 318 valence electrons. The third-order valence-corrected chi connectivity index (χ3v) is 11.5. The second-order valence-electron chi connectivity index (χ2n) is 14.5. The molecule has 8 aromatic rings. The summed E-state index contributed by atoms with van der Waals surface area (Å²) in [5, 5.41) is 24.8. The van der Waals surface area contributed by atoms with Crippen LogP contribution in [0.2, 0.25) is 0 Å². The van der Waals surface area contributed by atoms with Crippen molar-refractivity contribution in [1.29, 1.82) is 0 Å². The van der Waals surface area contributed by atoms with Crippen LogP contribution in [-0.4, -0.2) is 60.2 Å². The van der Waals surface area contributed by atoms with Crippen LogP contribution in [0.4, 0.5) is 11.4 Å². The standard InChI is InChI=1S/C24H20BrN3O4.C24H20BrN3O3/c1-32-17-8-9-19(25)18(12-17)24(31)27-16-7-10-20-22(11-16)28(14-26-20)21(13-23(29)30)15-5-3-2-4-6-15;1-15-11-17(25)7-9-19(15)24(31)27-18-8-10-20-22(12-18)28(14-26-20)21(13-23(29)30)16-5-3-2-4-6-16/h2-12,14,21H,13H2,1H3,(H,27,31)(H,29,30);2-12,14,21H,13H2,1H3,(H,27,31)(H,29,30). The number of aliphatic carboxylic acids is 2. The van der Waals surface area contributed by atoms with E-state index in [-0.39, 0.29) is 24.7 Å². The van der Waals surface area contributed by atoms with Crippen molar-refractivity contribution in [2.45, 2.75) is 31.8 Å². The van der Waals surface area contributed by atoms with Crippen LogP contribution in [0.15, 0.2) is 155 Å². The lowest BCUT2D eigenvalue weighted by Gasteiger charge is -2.18. The molecule has 2 aromatic heterocycles. The normalized spacial score (nSPS) is 11.9. The van der Waals surface area contributed by atoms with Gasteiger partial charge in [0.05, 0.1) is 72.3 Å². The van der Waals surface area contributed by atoms with Crippen LogP contribution in [-0.2, 0) is 9.59 Å². The predicted octanol–water partition coefficient (Wildman–Crippen LogP) is 10.5. The Morgan fingerprint density at radius 3 is 1.57 bits per heavy atom. The van der Waals surface area contributed by atoms with Crippen molar-refractivity contribution in [3.05, 3.63) is 183 Å². The second-order valence-corrected chi connectivity index (χ2v) is 16.2. The number of ether oxygens (including phenoxy) is 1. The van der Waals surface area contributed by atoms with Crippen LogP contribution >= 0.6 is 31.9 Å². The molecule has 6 aromatic carbocycles. The van der Waals surface area contributed by atoms with Gasteiger partial charge in [0, 0.05) is 25.9 Å². The van der Waals surface area contributed by atoms with E-state index < -0.39 is 24.0 Å². The fraction of sp³-hybridized carbons (Fsp3) is 0.125. The number of nitrogens with zero attached hydrogens (tertiary/aromatic N) is 4. The van der Waals surface area contributed by atoms with Crippen molar-refractivity contribution in [2.24, 2.45) is 0 Å². The van der Waals surface area contributed by atoms with Crippen LogP contribution < -0.4 is 15.4 Å². The molecule has 2 heterocycles. The highest BCUT2D eigenvalue weighted by molar-refractivity contribution is 9.10. The van der Waals surface area contributed by atoms with Gasteiger partial charge in [0.2, 0.25) is 0 Å². The summed E-state index contributed by atoms with van der Waals surface area (Å²) in [5.41, 5.74) is 7.72. The first-order valence-electron chi connectivity index (χ1n) is 19.6. The van der Waals surface area contributed by atoms with Crippen molar-refractivity contribution >= 4 is 89.1 Å². The molecule has 0 saturated heterocycles. The number of fused-ring (bicyclic) bond motifs is 2. The Morgan fingerprint density at radius 2 is 1.11 bits per heavy atom. The highest BCUT2D eigenvalue weighted by Gasteiger charge is 2.22. The van der Waals surface area contributed by atoms with E-state index in [1.165, 1.54) is 0 Å². The molecule has 0 aliphatic carbocycles. The number of benzene rings is 6. The number of methoxy groups -OCH3 is 1. The highest BCUT2D eigenvalue weighted by atomic mass is 79.9. The number of aromatic nitrogens is 4. The van der Waals surface area contributed by atoms with Crippen LogP contribution in [0.5, 0.6) is 5.75 Å². The predicted molar refractivity (Wildman–Crippen MR) is 249 cm³/mol. The van der Waals surface area contributed by atoms with Gasteiger partial charge in [-0.25, -0.2) is 9.97 Å². The summed E-state index contributed by atoms with van der Waals surface area (Å²) in [7, 11) is 1.54. The largest absolute Gasteiger partial charge is 0.497 e. The van der Waals surface area contributed by atoms with Crippen LogP contribution in [0.1, 0.15) is 62.3 Å². The van der Waals surface area contributed by atoms with Crippen molar-refractivity contribution < 1.29 is 34.1 Å². The van der Waals surface area contributed by atoms with Gasteiger partial charge in [0.1, 0.15) is 5.75 Å². The third kappa shape index (κ3) is 10.5. The zero-order valence-corrected chi connectivity index (χ0v) is 37.1. The van der Waals surface area contributed by atoms with Gasteiger partial charge in [-0.05, 0) is 112 Å². The topological polar surface area (TPSA) is 178 Å². The van der Waals surface area contributed by atoms with Crippen molar-refractivity contribution in [1.82, 2.24) is 19.1 Å². The summed E-state index contributed by atoms with van der Waals surface area (Å²) in [6.07, 6.45) is 3.11. The Bertz CT molecular complexity index is 2960. The Morgan fingerprint density at radius 1 is 0.619 bits per heavy atom. The van der Waals surface area contributed by atoms with Crippen molar-refractivity contribution in [2.75, 3.05) is 17.7 Å². The molecule has 0 radical (unpaired) electrons. The van der Waals surface area contributed by atoms with E-state index in [0.29, 0.717) is 38.2 Å². The molecule has 0 spiro atoms. The third-order valence-electron chi connectivity index (χ3n) is 10.3. The molecular formula is C48H40Br2N6O7. The molecule has 2 amide bonds. The summed E-state index contributed by atoms with van der Waals surface area (Å²) < 4.78 is 10.4. The molecule has 0 bridgehead atoms. The second kappa shape index (κ2) is 19.7. The van der Waals surface area contributed by atoms with Gasteiger partial charge in [-0.1, -0.05) is 76.6 Å². The lowest BCUT2D eigenvalue weighted by molar-refractivity contribution is -0.138. The van der Waals surface area contributed by atoms with E-state index in [2.05, 4.69) is 52.5 Å². The maximum absolute atomic E-state index is 12.9. The summed E-state index contributed by atoms with van der Waals surface area (Å²) in [6, 6.07) is 39.5. The number of hydrogen-bond acceptors (Lipinski definition) is 7. The number of carboxylic acid groups (broad SMARTS) is 2. The SMILES string of the molecule is COc1ccc(Br)c(C(=O)Nc2ccc3ncn(C(CC(=O)O)c4ccccc4)c3c2)c1.Cc1cc(Br)ccc1C(=O)Nc1ccc2ncn(C(CC(=O)O)c3ccccc3)c2c1. The average Bonchev–Trinajstić information content (AvgIpc) is 3.89. The summed E-state index contributed by atoms with van der Waals surface area (Å²) >= 11 is 6.81. The molecule has 0 fully saturated rings. The Balaban J connectivity index is 0.000000189. The van der Waals surface area contributed by atoms with Gasteiger partial charge in [-0.2, -0.15) is 0 Å². The molecule has 13 nitrogen and oxygen atoms in total. The molecule has 0 aliphatic rings. The molecular weight excluding hydrogens is 932 g/mol. The minimum Gasteiger partial charge on any atom is -0.497 e. The fourth-order valence-corrected chi connectivity index (χ4v) is 8.13. The van der Waals surface area contributed by atoms with E-state index >= 15 is 0 Å². The zero-order valence-electron chi connectivity index (χ0n) is 33.9. The first-order valence-corrected chi connectivity index (χ1v) is 21.2. The lowest BCUT2D eigenvalue weighted by atomic mass is 10.0. The van der Waals surface area contributed by atoms with Gasteiger partial charge in [-0.15, -0.1) is 0 Å². The van der Waals surface area contributed by atoms with E-state index in [0.717, 1.165) is 37.7 Å². The number of carbonyl (C=O) groups excluding carboxylic acids is 2. The number of rotatable bonds is 13. The smallest absolute Gasteiger partial charge is 0.305 e. The lowest BCUT2D eigenvalue weighted by Crippen LogP contribution is -2.15. The van der Waals surface area contributed by atoms with E-state index in [9.17, 15) is 29.4 Å². The van der Waals surface area contributed by atoms with Gasteiger partial charge < -0.3 is 34.7 Å². The number of aryl methyl sites for hydroxylation is 1. The first-order chi connectivity index (χ1) is 30.4. The number of amides is 2. The number of anilines is 2. The molecule has 2 atom stereocenters. The Labute approximate surface area is 378 Å². The molecule has 15 heteroatoms. The maximum atomic E-state index is 12.9. The Kier molecular flexibility index (Phi) is 13.8. The first kappa shape index (κ1) is 44.0. The van der Waals surface area contributed by atoms with Crippen LogP contribution in [0, 0.1) is 6.92 Å².